The van der Waals surface area contributed by atoms with Crippen molar-refractivity contribution in [2.45, 2.75) is 57.5 Å². The van der Waals surface area contributed by atoms with Crippen molar-refractivity contribution in [1.82, 2.24) is 0 Å². The fourth-order valence-corrected chi connectivity index (χ4v) is 2.64. The number of oxime groups is 1. The monoisotopic (exact) mass is 211 g/mol. The van der Waals surface area contributed by atoms with E-state index in [-0.39, 0.29) is 0 Å². The molecule has 2 saturated carbocycles. The second kappa shape index (κ2) is 5.50. The molecule has 3 nitrogen and oxygen atoms in total. The summed E-state index contributed by atoms with van der Waals surface area (Å²) in [5.74, 6) is 0.818. The third kappa shape index (κ3) is 3.20. The van der Waals surface area contributed by atoms with Gasteiger partial charge in [0, 0.05) is 6.61 Å². The molecule has 0 unspecified atom stereocenters. The first kappa shape index (κ1) is 10.9. The summed E-state index contributed by atoms with van der Waals surface area (Å²) in [5, 5.41) is 11.9. The molecule has 0 saturated heterocycles. The quantitative estimate of drug-likeness (QED) is 0.576. The van der Waals surface area contributed by atoms with Gasteiger partial charge in [0.05, 0.1) is 11.8 Å². The molecule has 0 aromatic carbocycles. The van der Waals surface area contributed by atoms with E-state index in [4.69, 9.17) is 9.94 Å². The van der Waals surface area contributed by atoms with Crippen LogP contribution in [0.1, 0.15) is 51.4 Å². The minimum absolute atomic E-state index is 0.413. The van der Waals surface area contributed by atoms with E-state index >= 15 is 0 Å². The highest BCUT2D eigenvalue weighted by Gasteiger charge is 2.21. The van der Waals surface area contributed by atoms with Gasteiger partial charge in [-0.3, -0.25) is 0 Å². The molecule has 2 aliphatic carbocycles. The third-order valence-electron chi connectivity index (χ3n) is 3.69. The van der Waals surface area contributed by atoms with Crippen LogP contribution in [0.2, 0.25) is 0 Å². The molecule has 2 rings (SSSR count). The lowest BCUT2D eigenvalue weighted by Gasteiger charge is -2.24. The van der Waals surface area contributed by atoms with Crippen LogP contribution in [-0.4, -0.2) is 23.6 Å². The van der Waals surface area contributed by atoms with Gasteiger partial charge in [0.1, 0.15) is 0 Å². The zero-order valence-electron chi connectivity index (χ0n) is 9.32. The Morgan fingerprint density at radius 1 is 1.13 bits per heavy atom. The molecule has 0 radical (unpaired) electrons. The maximum Gasteiger partial charge on any atom is 0.0582 e. The van der Waals surface area contributed by atoms with Crippen LogP contribution in [0, 0.1) is 5.92 Å². The van der Waals surface area contributed by atoms with Crippen molar-refractivity contribution in [2.75, 3.05) is 6.61 Å². The second-order valence-corrected chi connectivity index (χ2v) is 4.85. The Balaban J connectivity index is 1.63. The molecule has 0 aliphatic heterocycles. The van der Waals surface area contributed by atoms with Crippen LogP contribution in [0.5, 0.6) is 0 Å². The van der Waals surface area contributed by atoms with Crippen LogP contribution in [-0.2, 0) is 4.74 Å². The summed E-state index contributed by atoms with van der Waals surface area (Å²) >= 11 is 0. The number of hydrogen-bond donors (Lipinski definition) is 1. The smallest absolute Gasteiger partial charge is 0.0582 e. The molecule has 15 heavy (non-hydrogen) atoms. The maximum atomic E-state index is 8.63. The summed E-state index contributed by atoms with van der Waals surface area (Å²) in [6.45, 7) is 0.955. The average Bonchev–Trinajstić information content (AvgIpc) is 2.80. The Hall–Kier alpha value is -0.570. The molecule has 2 aliphatic rings. The second-order valence-electron chi connectivity index (χ2n) is 4.85. The predicted molar refractivity (Wildman–Crippen MR) is 59.4 cm³/mol. The van der Waals surface area contributed by atoms with Crippen LogP contribution in [0.4, 0.5) is 0 Å². The van der Waals surface area contributed by atoms with Crippen molar-refractivity contribution in [3.63, 3.8) is 0 Å². The van der Waals surface area contributed by atoms with E-state index in [0.29, 0.717) is 6.10 Å². The van der Waals surface area contributed by atoms with Crippen molar-refractivity contribution in [2.24, 2.45) is 11.1 Å². The van der Waals surface area contributed by atoms with Crippen LogP contribution in [0.15, 0.2) is 5.16 Å². The van der Waals surface area contributed by atoms with E-state index in [0.717, 1.165) is 43.9 Å². The summed E-state index contributed by atoms with van der Waals surface area (Å²) in [5.41, 5.74) is 0.940. The van der Waals surface area contributed by atoms with Crippen molar-refractivity contribution < 1.29 is 9.94 Å². The van der Waals surface area contributed by atoms with Gasteiger partial charge in [-0.25, -0.2) is 0 Å². The van der Waals surface area contributed by atoms with Gasteiger partial charge in [-0.15, -0.1) is 0 Å². The van der Waals surface area contributed by atoms with Gasteiger partial charge in [-0.2, -0.15) is 0 Å². The van der Waals surface area contributed by atoms with Crippen molar-refractivity contribution in [1.29, 1.82) is 0 Å². The number of ether oxygens (including phenoxy) is 1. The fourth-order valence-electron chi connectivity index (χ4n) is 2.64. The minimum atomic E-state index is 0.413. The van der Waals surface area contributed by atoms with E-state index < -0.39 is 0 Å². The molecule has 0 heterocycles. The van der Waals surface area contributed by atoms with Crippen LogP contribution in [0.3, 0.4) is 0 Å². The Kier molecular flexibility index (Phi) is 4.01. The molecule has 2 fully saturated rings. The Morgan fingerprint density at radius 3 is 2.40 bits per heavy atom. The van der Waals surface area contributed by atoms with Gasteiger partial charge in [0.25, 0.3) is 0 Å². The van der Waals surface area contributed by atoms with Gasteiger partial charge in [-0.1, -0.05) is 18.0 Å². The molecule has 0 bridgehead atoms. The van der Waals surface area contributed by atoms with E-state index in [9.17, 15) is 0 Å². The lowest BCUT2D eigenvalue weighted by Crippen LogP contribution is -2.23. The predicted octanol–water partition coefficient (Wildman–Crippen LogP) is 2.97. The van der Waals surface area contributed by atoms with Crippen LogP contribution >= 0.6 is 0 Å². The van der Waals surface area contributed by atoms with Crippen molar-refractivity contribution >= 4 is 5.71 Å². The summed E-state index contributed by atoms with van der Waals surface area (Å²) in [7, 11) is 0. The summed E-state index contributed by atoms with van der Waals surface area (Å²) < 4.78 is 5.92. The number of rotatable bonds is 3. The lowest BCUT2D eigenvalue weighted by molar-refractivity contribution is 0.0187. The van der Waals surface area contributed by atoms with E-state index in [2.05, 4.69) is 5.16 Å². The summed E-state index contributed by atoms with van der Waals surface area (Å²) in [4.78, 5) is 0. The highest BCUT2D eigenvalue weighted by atomic mass is 16.5. The standard InChI is InChI=1S/C12H21NO2/c14-13-11-5-7-12(8-6-11)15-9-10-3-1-2-4-10/h10,12,14H,1-9H2. The van der Waals surface area contributed by atoms with Gasteiger partial charge in [0.2, 0.25) is 0 Å². The van der Waals surface area contributed by atoms with Gasteiger partial charge < -0.3 is 9.94 Å². The number of nitrogens with zero attached hydrogens (tertiary/aromatic N) is 1. The minimum Gasteiger partial charge on any atom is -0.411 e. The highest BCUT2D eigenvalue weighted by molar-refractivity contribution is 5.84. The van der Waals surface area contributed by atoms with Gasteiger partial charge >= 0.3 is 0 Å². The Morgan fingerprint density at radius 2 is 1.80 bits per heavy atom. The zero-order valence-corrected chi connectivity index (χ0v) is 9.32. The van der Waals surface area contributed by atoms with Crippen molar-refractivity contribution in [3.8, 4) is 0 Å². The van der Waals surface area contributed by atoms with E-state index in [1.54, 1.807) is 0 Å². The third-order valence-corrected chi connectivity index (χ3v) is 3.69. The van der Waals surface area contributed by atoms with Gasteiger partial charge in [-0.05, 0) is 44.4 Å². The molecule has 86 valence electrons. The van der Waals surface area contributed by atoms with Crippen LogP contribution in [0.25, 0.3) is 0 Å². The van der Waals surface area contributed by atoms with Crippen LogP contribution < -0.4 is 0 Å². The Bertz CT molecular complexity index is 212. The molecular weight excluding hydrogens is 190 g/mol. The zero-order chi connectivity index (χ0) is 10.5. The van der Waals surface area contributed by atoms with Crippen molar-refractivity contribution in [3.05, 3.63) is 0 Å². The molecule has 3 heteroatoms. The Labute approximate surface area is 91.5 Å². The first-order valence-electron chi connectivity index (χ1n) is 6.20. The number of hydrogen-bond acceptors (Lipinski definition) is 3. The highest BCUT2D eigenvalue weighted by Crippen LogP contribution is 2.27. The van der Waals surface area contributed by atoms with E-state index in [1.165, 1.54) is 25.7 Å². The summed E-state index contributed by atoms with van der Waals surface area (Å²) in [6.07, 6.45) is 9.79. The lowest BCUT2D eigenvalue weighted by atomic mass is 9.95. The molecule has 0 spiro atoms. The first-order chi connectivity index (χ1) is 7.38. The normalized spacial score (nSPS) is 28.3. The summed E-state index contributed by atoms with van der Waals surface area (Å²) in [6, 6.07) is 0. The molecule has 0 amide bonds. The molecule has 0 atom stereocenters. The largest absolute Gasteiger partial charge is 0.411 e. The van der Waals surface area contributed by atoms with E-state index in [1.807, 2.05) is 0 Å². The molecular formula is C12H21NO2. The topological polar surface area (TPSA) is 41.8 Å². The average molecular weight is 211 g/mol. The molecule has 1 N–H and O–H groups in total. The SMILES string of the molecule is ON=C1CCC(OCC2CCCC2)CC1. The maximum absolute atomic E-state index is 8.63. The first-order valence-corrected chi connectivity index (χ1v) is 6.20. The van der Waals surface area contributed by atoms with Gasteiger partial charge in [0.15, 0.2) is 0 Å². The fraction of sp³-hybridized carbons (Fsp3) is 0.917. The molecule has 0 aromatic rings. The molecule has 0 aromatic heterocycles.